The Balaban J connectivity index is 2.14. The first-order chi connectivity index (χ1) is 8.24. The van der Waals surface area contributed by atoms with Gasteiger partial charge in [0.25, 0.3) is 0 Å². The molecule has 2 aromatic heterocycles. The van der Waals surface area contributed by atoms with Gasteiger partial charge >= 0.3 is 0 Å². The van der Waals surface area contributed by atoms with Gasteiger partial charge < -0.3 is 0 Å². The van der Waals surface area contributed by atoms with Crippen molar-refractivity contribution in [2.24, 2.45) is 0 Å². The van der Waals surface area contributed by atoms with Crippen molar-refractivity contribution in [2.45, 2.75) is 0 Å². The SMILES string of the molecule is Fc1ccc(-c2cc3ncc(Br)n3cn2)cc1. The quantitative estimate of drug-likeness (QED) is 0.689. The lowest BCUT2D eigenvalue weighted by atomic mass is 10.1. The van der Waals surface area contributed by atoms with E-state index in [0.717, 1.165) is 21.5 Å². The molecule has 0 aliphatic rings. The zero-order valence-corrected chi connectivity index (χ0v) is 10.2. The predicted molar refractivity (Wildman–Crippen MR) is 66.1 cm³/mol. The molecule has 1 aromatic carbocycles. The molecule has 5 heteroatoms. The number of aromatic nitrogens is 3. The molecule has 3 rings (SSSR count). The normalized spacial score (nSPS) is 10.9. The highest BCUT2D eigenvalue weighted by molar-refractivity contribution is 9.10. The zero-order valence-electron chi connectivity index (χ0n) is 8.64. The van der Waals surface area contributed by atoms with Gasteiger partial charge in [-0.2, -0.15) is 0 Å². The molecule has 0 unspecified atom stereocenters. The van der Waals surface area contributed by atoms with E-state index in [-0.39, 0.29) is 5.82 Å². The second-order valence-corrected chi connectivity index (χ2v) is 4.40. The monoisotopic (exact) mass is 291 g/mol. The van der Waals surface area contributed by atoms with Gasteiger partial charge in [-0.15, -0.1) is 0 Å². The predicted octanol–water partition coefficient (Wildman–Crippen LogP) is 3.30. The van der Waals surface area contributed by atoms with E-state index >= 15 is 0 Å². The van der Waals surface area contributed by atoms with E-state index in [4.69, 9.17) is 0 Å². The van der Waals surface area contributed by atoms with E-state index in [2.05, 4.69) is 25.9 Å². The summed E-state index contributed by atoms with van der Waals surface area (Å²) in [4.78, 5) is 8.53. The second kappa shape index (κ2) is 3.92. The van der Waals surface area contributed by atoms with Crippen LogP contribution in [-0.4, -0.2) is 14.4 Å². The summed E-state index contributed by atoms with van der Waals surface area (Å²) in [6.45, 7) is 0. The molecule has 0 aliphatic carbocycles. The van der Waals surface area contributed by atoms with Crippen LogP contribution in [0.2, 0.25) is 0 Å². The van der Waals surface area contributed by atoms with Crippen LogP contribution >= 0.6 is 15.9 Å². The molecule has 2 heterocycles. The van der Waals surface area contributed by atoms with Crippen LogP contribution in [0.4, 0.5) is 4.39 Å². The Morgan fingerprint density at radius 1 is 1.12 bits per heavy atom. The summed E-state index contributed by atoms with van der Waals surface area (Å²) in [6, 6.07) is 8.10. The number of hydrogen-bond donors (Lipinski definition) is 0. The van der Waals surface area contributed by atoms with Gasteiger partial charge in [-0.25, -0.2) is 14.4 Å². The second-order valence-electron chi connectivity index (χ2n) is 3.59. The Hall–Kier alpha value is -1.75. The molecular formula is C12H7BrFN3. The van der Waals surface area contributed by atoms with Crippen LogP contribution in [0.1, 0.15) is 0 Å². The molecule has 0 saturated heterocycles. The summed E-state index contributed by atoms with van der Waals surface area (Å²) in [7, 11) is 0. The van der Waals surface area contributed by atoms with Crippen molar-refractivity contribution in [1.82, 2.24) is 14.4 Å². The Labute approximate surface area is 105 Å². The third-order valence-corrected chi connectivity index (χ3v) is 3.09. The van der Waals surface area contributed by atoms with Crippen LogP contribution in [0.25, 0.3) is 16.9 Å². The summed E-state index contributed by atoms with van der Waals surface area (Å²) in [6.07, 6.45) is 3.40. The van der Waals surface area contributed by atoms with Gasteiger partial charge in [0.1, 0.15) is 22.4 Å². The van der Waals surface area contributed by atoms with Gasteiger partial charge in [-0.3, -0.25) is 4.40 Å². The van der Waals surface area contributed by atoms with Crippen LogP contribution in [0.3, 0.4) is 0 Å². The average molecular weight is 292 g/mol. The molecule has 0 bridgehead atoms. The molecule has 84 valence electrons. The average Bonchev–Trinajstić information content (AvgIpc) is 2.72. The van der Waals surface area contributed by atoms with Crippen molar-refractivity contribution in [1.29, 1.82) is 0 Å². The topological polar surface area (TPSA) is 30.2 Å². The molecule has 17 heavy (non-hydrogen) atoms. The third kappa shape index (κ3) is 1.82. The molecule has 0 radical (unpaired) electrons. The highest BCUT2D eigenvalue weighted by atomic mass is 79.9. The fourth-order valence-corrected chi connectivity index (χ4v) is 2.01. The molecule has 0 aliphatic heterocycles. The maximum atomic E-state index is 12.8. The van der Waals surface area contributed by atoms with Crippen molar-refractivity contribution in [3.05, 3.63) is 53.3 Å². The highest BCUT2D eigenvalue weighted by Gasteiger charge is 2.04. The lowest BCUT2D eigenvalue weighted by Crippen LogP contribution is -1.90. The summed E-state index contributed by atoms with van der Waals surface area (Å²) in [5.41, 5.74) is 2.44. The number of halogens is 2. The lowest BCUT2D eigenvalue weighted by molar-refractivity contribution is 0.628. The Morgan fingerprint density at radius 2 is 1.88 bits per heavy atom. The maximum absolute atomic E-state index is 12.8. The molecule has 3 aromatic rings. The first-order valence-corrected chi connectivity index (χ1v) is 5.78. The smallest absolute Gasteiger partial charge is 0.140 e. The molecule has 0 amide bonds. The van der Waals surface area contributed by atoms with E-state index < -0.39 is 0 Å². The van der Waals surface area contributed by atoms with Crippen LogP contribution in [0.5, 0.6) is 0 Å². The van der Waals surface area contributed by atoms with E-state index in [0.29, 0.717) is 0 Å². The fourth-order valence-electron chi connectivity index (χ4n) is 1.63. The number of imidazole rings is 1. The number of nitrogens with zero attached hydrogens (tertiary/aromatic N) is 3. The van der Waals surface area contributed by atoms with Crippen molar-refractivity contribution >= 4 is 21.6 Å². The number of rotatable bonds is 1. The Bertz CT molecular complexity index is 676. The molecule has 0 spiro atoms. The third-order valence-electron chi connectivity index (χ3n) is 2.50. The molecule has 3 nitrogen and oxygen atoms in total. The molecule has 0 N–H and O–H groups in total. The minimum absolute atomic E-state index is 0.251. The van der Waals surface area contributed by atoms with Crippen LogP contribution < -0.4 is 0 Å². The number of hydrogen-bond acceptors (Lipinski definition) is 2. The summed E-state index contributed by atoms with van der Waals surface area (Å²) in [5.74, 6) is -0.251. The minimum Gasteiger partial charge on any atom is -0.277 e. The summed E-state index contributed by atoms with van der Waals surface area (Å²) in [5, 5.41) is 0. The van der Waals surface area contributed by atoms with E-state index in [1.165, 1.54) is 12.1 Å². The fraction of sp³-hybridized carbons (Fsp3) is 0. The number of fused-ring (bicyclic) bond motifs is 1. The Kier molecular flexibility index (Phi) is 2.40. The molecule has 0 saturated carbocycles. The zero-order chi connectivity index (χ0) is 11.8. The van der Waals surface area contributed by atoms with E-state index in [1.807, 2.05) is 10.5 Å². The standard InChI is InChI=1S/C12H7BrFN3/c13-11-6-15-12-5-10(16-7-17(11)12)8-1-3-9(14)4-2-8/h1-7H. The first-order valence-electron chi connectivity index (χ1n) is 4.98. The highest BCUT2D eigenvalue weighted by Crippen LogP contribution is 2.20. The van der Waals surface area contributed by atoms with Crippen LogP contribution in [0, 0.1) is 5.82 Å². The van der Waals surface area contributed by atoms with Gasteiger partial charge in [0, 0.05) is 11.6 Å². The minimum atomic E-state index is -0.251. The van der Waals surface area contributed by atoms with Crippen molar-refractivity contribution in [3.8, 4) is 11.3 Å². The molecular weight excluding hydrogens is 285 g/mol. The van der Waals surface area contributed by atoms with Gasteiger partial charge in [0.05, 0.1) is 11.9 Å². The maximum Gasteiger partial charge on any atom is 0.140 e. The number of benzene rings is 1. The van der Waals surface area contributed by atoms with Crippen LogP contribution in [0.15, 0.2) is 47.5 Å². The Morgan fingerprint density at radius 3 is 2.65 bits per heavy atom. The first kappa shape index (κ1) is 10.4. The van der Waals surface area contributed by atoms with Crippen molar-refractivity contribution < 1.29 is 4.39 Å². The van der Waals surface area contributed by atoms with Gasteiger partial charge in [-0.05, 0) is 40.2 Å². The largest absolute Gasteiger partial charge is 0.277 e. The van der Waals surface area contributed by atoms with Crippen LogP contribution in [-0.2, 0) is 0 Å². The van der Waals surface area contributed by atoms with Crippen molar-refractivity contribution in [3.63, 3.8) is 0 Å². The van der Waals surface area contributed by atoms with Gasteiger partial charge in [0.2, 0.25) is 0 Å². The molecule has 0 atom stereocenters. The van der Waals surface area contributed by atoms with E-state index in [1.54, 1.807) is 24.7 Å². The summed E-state index contributed by atoms with van der Waals surface area (Å²) < 4.78 is 15.5. The van der Waals surface area contributed by atoms with Crippen molar-refractivity contribution in [2.75, 3.05) is 0 Å². The lowest BCUT2D eigenvalue weighted by Gasteiger charge is -2.01. The molecule has 0 fully saturated rings. The van der Waals surface area contributed by atoms with Gasteiger partial charge in [0.15, 0.2) is 0 Å². The van der Waals surface area contributed by atoms with Gasteiger partial charge in [-0.1, -0.05) is 0 Å². The summed E-state index contributed by atoms with van der Waals surface area (Å²) >= 11 is 3.37. The van der Waals surface area contributed by atoms with E-state index in [9.17, 15) is 4.39 Å².